The van der Waals surface area contributed by atoms with Gasteiger partial charge in [-0.15, -0.1) is 0 Å². The highest BCUT2D eigenvalue weighted by atomic mass is 16.2. The molecule has 0 aromatic carbocycles. The minimum atomic E-state index is 0.0132. The monoisotopic (exact) mass is 423 g/mol. The van der Waals surface area contributed by atoms with Gasteiger partial charge in [-0.05, 0) is 68.6 Å². The van der Waals surface area contributed by atoms with Crippen LogP contribution in [0.3, 0.4) is 0 Å². The summed E-state index contributed by atoms with van der Waals surface area (Å²) >= 11 is 0. The van der Waals surface area contributed by atoms with Gasteiger partial charge in [-0.1, -0.05) is 56.6 Å². The quantitative estimate of drug-likeness (QED) is 0.327. The highest BCUT2D eigenvalue weighted by Crippen LogP contribution is 2.57. The van der Waals surface area contributed by atoms with Gasteiger partial charge < -0.3 is 10.2 Å². The molecule has 2 saturated carbocycles. The second kappa shape index (κ2) is 9.75. The van der Waals surface area contributed by atoms with Crippen molar-refractivity contribution in [3.05, 3.63) is 36.1 Å². The van der Waals surface area contributed by atoms with E-state index in [-0.39, 0.29) is 11.4 Å². The van der Waals surface area contributed by atoms with E-state index in [9.17, 15) is 4.79 Å². The molecule has 31 heavy (non-hydrogen) atoms. The zero-order chi connectivity index (χ0) is 21.7. The lowest BCUT2D eigenvalue weighted by Crippen LogP contribution is -2.45. The number of aliphatic imine (C=N–C) groups is 1. The minimum absolute atomic E-state index is 0.0132. The third-order valence-electron chi connectivity index (χ3n) is 7.92. The van der Waals surface area contributed by atoms with Gasteiger partial charge in [0.05, 0.1) is 0 Å². The van der Waals surface area contributed by atoms with E-state index in [0.29, 0.717) is 12.0 Å². The third kappa shape index (κ3) is 5.70. The normalized spacial score (nSPS) is 33.2. The minimum Gasteiger partial charge on any atom is -0.335 e. The maximum Gasteiger partial charge on any atom is 0.317 e. The highest BCUT2D eigenvalue weighted by Gasteiger charge is 2.46. The number of nitrogens with one attached hydrogen (secondary N) is 1. The van der Waals surface area contributed by atoms with Crippen LogP contribution in [-0.4, -0.2) is 36.8 Å². The van der Waals surface area contributed by atoms with Crippen molar-refractivity contribution in [2.75, 3.05) is 19.6 Å². The molecule has 5 rings (SSSR count). The van der Waals surface area contributed by atoms with Gasteiger partial charge in [0.2, 0.25) is 0 Å². The number of hydrogen-bond acceptors (Lipinski definition) is 2. The third-order valence-corrected chi connectivity index (χ3v) is 7.92. The first-order chi connectivity index (χ1) is 15.0. The Kier molecular flexibility index (Phi) is 7.03. The number of nitrogens with zero attached hydrogens (tertiary/aromatic N) is 2. The second-order valence-electron chi connectivity index (χ2n) is 10.8. The van der Waals surface area contributed by atoms with Crippen molar-refractivity contribution in [3.63, 3.8) is 0 Å². The van der Waals surface area contributed by atoms with Crippen LogP contribution in [0.1, 0.15) is 78.1 Å². The van der Waals surface area contributed by atoms with Crippen molar-refractivity contribution in [2.45, 2.75) is 78.1 Å². The number of rotatable bonds is 10. The fourth-order valence-corrected chi connectivity index (χ4v) is 6.48. The topological polar surface area (TPSA) is 44.7 Å². The van der Waals surface area contributed by atoms with Gasteiger partial charge in [-0.25, -0.2) is 4.79 Å². The fraction of sp³-hybridized carbons (Fsp3) is 0.704. The number of hydrogen-bond donors (Lipinski definition) is 1. The number of urea groups is 1. The van der Waals surface area contributed by atoms with Gasteiger partial charge in [0, 0.05) is 37.5 Å². The molecule has 3 unspecified atom stereocenters. The molecule has 0 aromatic rings. The van der Waals surface area contributed by atoms with Crippen molar-refractivity contribution in [3.8, 4) is 0 Å². The van der Waals surface area contributed by atoms with Gasteiger partial charge in [0.15, 0.2) is 0 Å². The summed E-state index contributed by atoms with van der Waals surface area (Å²) in [6.07, 6.45) is 25.3. The Morgan fingerprint density at radius 2 is 2.06 bits per heavy atom. The number of carbonyl (C=O) groups is 1. The lowest BCUT2D eigenvalue weighted by molar-refractivity contribution is 0.0723. The lowest BCUT2D eigenvalue weighted by Gasteiger charge is -2.52. The summed E-state index contributed by atoms with van der Waals surface area (Å²) < 4.78 is 0. The average molecular weight is 424 g/mol. The van der Waals surface area contributed by atoms with E-state index < -0.39 is 0 Å². The van der Waals surface area contributed by atoms with E-state index in [4.69, 9.17) is 0 Å². The summed E-state index contributed by atoms with van der Waals surface area (Å²) in [5.74, 6) is 1.83. The Bertz CT molecular complexity index is 748. The number of carbonyl (C=O) groups excluding carboxylic acids is 1. The van der Waals surface area contributed by atoms with Crippen LogP contribution in [0, 0.1) is 22.7 Å². The molecule has 4 heteroatoms. The van der Waals surface area contributed by atoms with E-state index in [2.05, 4.69) is 53.4 Å². The van der Waals surface area contributed by atoms with Crippen molar-refractivity contribution >= 4 is 12.2 Å². The van der Waals surface area contributed by atoms with Gasteiger partial charge in [0.25, 0.3) is 0 Å². The first-order valence-corrected chi connectivity index (χ1v) is 12.6. The molecule has 0 radical (unpaired) electrons. The molecule has 3 atom stereocenters. The van der Waals surface area contributed by atoms with Crippen molar-refractivity contribution in [1.82, 2.24) is 10.2 Å². The average Bonchev–Trinajstić information content (AvgIpc) is 2.73. The second-order valence-corrected chi connectivity index (χ2v) is 10.8. The Morgan fingerprint density at radius 1 is 1.26 bits per heavy atom. The molecule has 1 aliphatic heterocycles. The first-order valence-electron chi connectivity index (χ1n) is 12.6. The first kappa shape index (κ1) is 22.4. The standard InChI is InChI=1S/C27H41N3O/c1-3-4-5-14-30(25(31)29-11-6-7-26(2)8-12-28-13-9-26)15-10-27-19-22-16-23(20-27)18-24(17-22)21-27/h6-8,12-13,19,23-24H,3-5,9-11,14-18,20-21H2,1-2H3,(H,29,31)/b7-6+. The van der Waals surface area contributed by atoms with Crippen molar-refractivity contribution < 1.29 is 4.79 Å². The SMILES string of the molecule is CCCCCN(CCC12C=C3CC(CC(C3)C1)C2)C(=O)NC/C=C/C1(C)C=CN=CC1. The summed E-state index contributed by atoms with van der Waals surface area (Å²) in [7, 11) is 0. The van der Waals surface area contributed by atoms with Gasteiger partial charge >= 0.3 is 6.03 Å². The molecular formula is C27H41N3O. The molecule has 1 heterocycles. The Morgan fingerprint density at radius 3 is 2.74 bits per heavy atom. The predicted octanol–water partition coefficient (Wildman–Crippen LogP) is 6.27. The van der Waals surface area contributed by atoms with Gasteiger partial charge in [-0.2, -0.15) is 0 Å². The molecular weight excluding hydrogens is 382 g/mol. The van der Waals surface area contributed by atoms with Crippen molar-refractivity contribution in [2.24, 2.45) is 27.7 Å². The molecule has 1 N–H and O–H groups in total. The zero-order valence-electron chi connectivity index (χ0n) is 19.6. The van der Waals surface area contributed by atoms with Gasteiger partial charge in [0.1, 0.15) is 0 Å². The predicted molar refractivity (Wildman–Crippen MR) is 129 cm³/mol. The van der Waals surface area contributed by atoms with Crippen LogP contribution in [0.2, 0.25) is 0 Å². The van der Waals surface area contributed by atoms with E-state index in [1.54, 1.807) is 5.57 Å². The van der Waals surface area contributed by atoms with Crippen LogP contribution in [0.25, 0.3) is 0 Å². The van der Waals surface area contributed by atoms with Crippen LogP contribution in [0.15, 0.2) is 41.1 Å². The Balaban J connectivity index is 1.30. The maximum atomic E-state index is 13.0. The Labute approximate surface area is 189 Å². The van der Waals surface area contributed by atoms with E-state index in [0.717, 1.165) is 44.2 Å². The van der Waals surface area contributed by atoms with Crippen LogP contribution < -0.4 is 5.32 Å². The van der Waals surface area contributed by atoms with Crippen LogP contribution >= 0.6 is 0 Å². The van der Waals surface area contributed by atoms with E-state index in [1.165, 1.54) is 44.9 Å². The van der Waals surface area contributed by atoms with E-state index >= 15 is 0 Å². The van der Waals surface area contributed by atoms with Crippen LogP contribution in [0.5, 0.6) is 0 Å². The summed E-state index contributed by atoms with van der Waals surface area (Å²) in [6.45, 7) is 6.77. The molecule has 2 fully saturated rings. The summed E-state index contributed by atoms with van der Waals surface area (Å²) in [5.41, 5.74) is 2.12. The molecule has 0 aromatic heterocycles. The smallest absolute Gasteiger partial charge is 0.317 e. The number of unbranched alkanes of at least 4 members (excludes halogenated alkanes) is 2. The molecule has 5 aliphatic rings. The van der Waals surface area contributed by atoms with E-state index in [1.807, 2.05) is 12.4 Å². The van der Waals surface area contributed by atoms with Gasteiger partial charge in [-0.3, -0.25) is 4.99 Å². The molecule has 0 spiro atoms. The molecule has 4 aliphatic carbocycles. The summed E-state index contributed by atoms with van der Waals surface area (Å²) in [6, 6.07) is 0.101. The van der Waals surface area contributed by atoms with Crippen molar-refractivity contribution in [1.29, 1.82) is 0 Å². The fourth-order valence-electron chi connectivity index (χ4n) is 6.48. The molecule has 2 amide bonds. The Hall–Kier alpha value is -1.84. The largest absolute Gasteiger partial charge is 0.335 e. The summed E-state index contributed by atoms with van der Waals surface area (Å²) in [4.78, 5) is 19.3. The maximum absolute atomic E-state index is 13.0. The lowest BCUT2D eigenvalue weighted by atomic mass is 9.53. The number of amides is 2. The van der Waals surface area contributed by atoms with Crippen LogP contribution in [-0.2, 0) is 0 Å². The molecule has 170 valence electrons. The highest BCUT2D eigenvalue weighted by molar-refractivity contribution is 5.74. The number of allylic oxidation sites excluding steroid dienone is 4. The molecule has 4 bridgehead atoms. The molecule has 4 nitrogen and oxygen atoms in total. The summed E-state index contributed by atoms with van der Waals surface area (Å²) in [5, 5.41) is 3.15. The zero-order valence-corrected chi connectivity index (χ0v) is 19.6. The van der Waals surface area contributed by atoms with Crippen LogP contribution in [0.4, 0.5) is 4.79 Å². The molecule has 0 saturated heterocycles.